The number of sulfone groups is 1. The molecule has 1 unspecified atom stereocenters. The molecule has 1 atom stereocenters. The molecule has 1 aliphatic carbocycles. The Hall–Kier alpha value is -2.07. The van der Waals surface area contributed by atoms with Gasteiger partial charge in [-0.2, -0.15) is 4.98 Å². The summed E-state index contributed by atoms with van der Waals surface area (Å²) in [5.74, 6) is -0.0892. The SMILES string of the molecule is Cc1cc(C(=O)CSc2nc(O)cc(=O)n2C2CCCC2)c(C)n1C1CCS(=O)(=O)C1. The lowest BCUT2D eigenvalue weighted by atomic mass is 10.2. The molecule has 3 heterocycles. The van der Waals surface area contributed by atoms with E-state index in [4.69, 9.17) is 0 Å². The number of carbonyl (C=O) groups excluding carboxylic acids is 1. The van der Waals surface area contributed by atoms with Crippen LogP contribution in [-0.4, -0.2) is 50.7 Å². The largest absolute Gasteiger partial charge is 0.493 e. The Morgan fingerprint density at radius 2 is 1.87 bits per heavy atom. The Labute approximate surface area is 185 Å². The van der Waals surface area contributed by atoms with E-state index >= 15 is 0 Å². The number of hydrogen-bond donors (Lipinski definition) is 1. The highest BCUT2D eigenvalue weighted by atomic mass is 32.2. The minimum absolute atomic E-state index is 0.0487. The number of aromatic hydroxyl groups is 1. The predicted octanol–water partition coefficient (Wildman–Crippen LogP) is 2.82. The molecule has 0 aromatic carbocycles. The smallest absolute Gasteiger partial charge is 0.258 e. The summed E-state index contributed by atoms with van der Waals surface area (Å²) in [6.07, 6.45) is 4.42. The van der Waals surface area contributed by atoms with E-state index in [1.807, 2.05) is 24.5 Å². The fourth-order valence-corrected chi connectivity index (χ4v) is 7.52. The van der Waals surface area contributed by atoms with Crippen molar-refractivity contribution in [1.82, 2.24) is 14.1 Å². The summed E-state index contributed by atoms with van der Waals surface area (Å²) in [5.41, 5.74) is 1.90. The quantitative estimate of drug-likeness (QED) is 0.397. The third-order valence-corrected chi connectivity index (χ3v) is 8.99. The van der Waals surface area contributed by atoms with Crippen LogP contribution in [0, 0.1) is 13.8 Å². The van der Waals surface area contributed by atoms with Gasteiger partial charge in [-0.25, -0.2) is 8.42 Å². The van der Waals surface area contributed by atoms with Crippen molar-refractivity contribution in [2.45, 2.75) is 63.2 Å². The number of aryl methyl sites for hydroxylation is 1. The molecule has 168 valence electrons. The van der Waals surface area contributed by atoms with Crippen LogP contribution in [0.4, 0.5) is 0 Å². The molecule has 0 bridgehead atoms. The standard InChI is InChI=1S/C21H27N3O5S2/c1-13-9-17(14(2)23(13)16-7-8-31(28,29)12-16)18(25)11-30-21-22-19(26)10-20(27)24(21)15-5-3-4-6-15/h9-10,15-16,26H,3-8,11-12H2,1-2H3. The average Bonchev–Trinajstić information content (AvgIpc) is 3.39. The van der Waals surface area contributed by atoms with Gasteiger partial charge < -0.3 is 9.67 Å². The van der Waals surface area contributed by atoms with Gasteiger partial charge in [-0.1, -0.05) is 24.6 Å². The number of aromatic nitrogens is 3. The van der Waals surface area contributed by atoms with Crippen molar-refractivity contribution in [2.24, 2.45) is 0 Å². The van der Waals surface area contributed by atoms with Crippen molar-refractivity contribution in [3.8, 4) is 5.88 Å². The van der Waals surface area contributed by atoms with Crippen molar-refractivity contribution in [2.75, 3.05) is 17.3 Å². The Morgan fingerprint density at radius 3 is 2.52 bits per heavy atom. The van der Waals surface area contributed by atoms with Crippen LogP contribution in [0.25, 0.3) is 0 Å². The number of hydrogen-bond acceptors (Lipinski definition) is 7. The highest BCUT2D eigenvalue weighted by Crippen LogP contribution is 2.33. The van der Waals surface area contributed by atoms with Crippen molar-refractivity contribution in [1.29, 1.82) is 0 Å². The van der Waals surface area contributed by atoms with Gasteiger partial charge in [0.15, 0.2) is 20.8 Å². The molecule has 1 aliphatic heterocycles. The highest BCUT2D eigenvalue weighted by molar-refractivity contribution is 7.99. The van der Waals surface area contributed by atoms with Gasteiger partial charge in [-0.05, 0) is 39.2 Å². The molecular weight excluding hydrogens is 438 g/mol. The molecule has 31 heavy (non-hydrogen) atoms. The summed E-state index contributed by atoms with van der Waals surface area (Å²) in [6.45, 7) is 3.73. The molecule has 8 nitrogen and oxygen atoms in total. The Kier molecular flexibility index (Phi) is 6.04. The van der Waals surface area contributed by atoms with Gasteiger partial charge in [0.2, 0.25) is 5.88 Å². The molecule has 10 heteroatoms. The van der Waals surface area contributed by atoms with Crippen LogP contribution in [-0.2, 0) is 9.84 Å². The van der Waals surface area contributed by atoms with E-state index < -0.39 is 9.84 Å². The number of carbonyl (C=O) groups is 1. The summed E-state index contributed by atoms with van der Waals surface area (Å²) in [7, 11) is -3.03. The lowest BCUT2D eigenvalue weighted by molar-refractivity contribution is 0.102. The topological polar surface area (TPSA) is 111 Å². The first-order valence-electron chi connectivity index (χ1n) is 10.5. The van der Waals surface area contributed by atoms with Gasteiger partial charge in [0.25, 0.3) is 5.56 Å². The molecule has 2 fully saturated rings. The van der Waals surface area contributed by atoms with Crippen LogP contribution in [0.5, 0.6) is 5.88 Å². The number of Topliss-reactive ketones (excluding diaryl/α,β-unsaturated/α-hetero) is 1. The third kappa shape index (κ3) is 4.45. The maximum Gasteiger partial charge on any atom is 0.258 e. The summed E-state index contributed by atoms with van der Waals surface area (Å²) in [5, 5.41) is 10.2. The maximum absolute atomic E-state index is 13.0. The zero-order valence-electron chi connectivity index (χ0n) is 17.7. The number of nitrogens with zero attached hydrogens (tertiary/aromatic N) is 3. The molecule has 1 saturated carbocycles. The number of ketones is 1. The molecular formula is C21H27N3O5S2. The Balaban J connectivity index is 1.55. The van der Waals surface area contributed by atoms with Gasteiger partial charge in [0.05, 0.1) is 23.3 Å². The van der Waals surface area contributed by atoms with Crippen LogP contribution in [0.2, 0.25) is 0 Å². The van der Waals surface area contributed by atoms with Gasteiger partial charge in [0.1, 0.15) is 0 Å². The summed E-state index contributed by atoms with van der Waals surface area (Å²) < 4.78 is 27.4. The van der Waals surface area contributed by atoms with Crippen LogP contribution in [0.15, 0.2) is 22.1 Å². The third-order valence-electron chi connectivity index (χ3n) is 6.29. The van der Waals surface area contributed by atoms with E-state index in [1.54, 1.807) is 4.57 Å². The van der Waals surface area contributed by atoms with E-state index in [-0.39, 0.29) is 46.6 Å². The molecule has 0 spiro atoms. The van der Waals surface area contributed by atoms with Crippen molar-refractivity contribution >= 4 is 27.4 Å². The second kappa shape index (κ2) is 8.46. The second-order valence-electron chi connectivity index (χ2n) is 8.47. The predicted molar refractivity (Wildman–Crippen MR) is 119 cm³/mol. The van der Waals surface area contributed by atoms with Crippen LogP contribution in [0.3, 0.4) is 0 Å². The first kappa shape index (κ1) is 22.1. The zero-order valence-corrected chi connectivity index (χ0v) is 19.3. The number of thioether (sulfide) groups is 1. The van der Waals surface area contributed by atoms with Crippen molar-refractivity contribution in [3.05, 3.63) is 39.4 Å². The molecule has 2 aromatic heterocycles. The van der Waals surface area contributed by atoms with Crippen LogP contribution < -0.4 is 5.56 Å². The first-order valence-corrected chi connectivity index (χ1v) is 13.3. The Morgan fingerprint density at radius 1 is 1.16 bits per heavy atom. The fourth-order valence-electron chi connectivity index (χ4n) is 4.87. The second-order valence-corrected chi connectivity index (χ2v) is 11.6. The van der Waals surface area contributed by atoms with Gasteiger partial charge in [-0.15, -0.1) is 0 Å². The minimum Gasteiger partial charge on any atom is -0.493 e. The lowest BCUT2D eigenvalue weighted by Crippen LogP contribution is -2.25. The van der Waals surface area contributed by atoms with E-state index in [2.05, 4.69) is 4.98 Å². The van der Waals surface area contributed by atoms with Crippen molar-refractivity contribution < 1.29 is 18.3 Å². The number of rotatable bonds is 6. The van der Waals surface area contributed by atoms with E-state index in [0.29, 0.717) is 17.1 Å². The Bertz CT molecular complexity index is 1180. The maximum atomic E-state index is 13.0. The molecule has 1 saturated heterocycles. The minimum atomic E-state index is -3.03. The van der Waals surface area contributed by atoms with Gasteiger partial charge in [0, 0.05) is 29.0 Å². The molecule has 0 amide bonds. The van der Waals surface area contributed by atoms with E-state index in [9.17, 15) is 23.1 Å². The van der Waals surface area contributed by atoms with Crippen molar-refractivity contribution in [3.63, 3.8) is 0 Å². The molecule has 1 N–H and O–H groups in total. The van der Waals surface area contributed by atoms with E-state index in [0.717, 1.165) is 54.9 Å². The van der Waals surface area contributed by atoms with Gasteiger partial charge in [-0.3, -0.25) is 14.2 Å². The zero-order chi connectivity index (χ0) is 22.3. The molecule has 0 radical (unpaired) electrons. The normalized spacial score (nSPS) is 21.0. The summed E-state index contributed by atoms with van der Waals surface area (Å²) in [6, 6.07) is 2.84. The molecule has 2 aromatic rings. The summed E-state index contributed by atoms with van der Waals surface area (Å²) in [4.78, 5) is 29.6. The fraction of sp³-hybridized carbons (Fsp3) is 0.571. The van der Waals surface area contributed by atoms with Crippen LogP contribution >= 0.6 is 11.8 Å². The average molecular weight is 466 g/mol. The summed E-state index contributed by atoms with van der Waals surface area (Å²) >= 11 is 1.16. The first-order chi connectivity index (χ1) is 14.7. The highest BCUT2D eigenvalue weighted by Gasteiger charge is 2.32. The molecule has 4 rings (SSSR count). The van der Waals surface area contributed by atoms with Crippen LogP contribution in [0.1, 0.15) is 65.9 Å². The molecule has 2 aliphatic rings. The monoisotopic (exact) mass is 465 g/mol. The van der Waals surface area contributed by atoms with Gasteiger partial charge >= 0.3 is 0 Å². The van der Waals surface area contributed by atoms with E-state index in [1.165, 1.54) is 0 Å². The lowest BCUT2D eigenvalue weighted by Gasteiger charge is -2.17.